The molecule has 0 unspecified atom stereocenters. The molecule has 0 saturated heterocycles. The molecule has 1 radical (unpaired) electrons. The van der Waals surface area contributed by atoms with Crippen molar-refractivity contribution in [3.05, 3.63) is 0 Å². The van der Waals surface area contributed by atoms with Crippen LogP contribution < -0.4 is 24.8 Å². The summed E-state index contributed by atoms with van der Waals surface area (Å²) in [6.07, 6.45) is 0. The van der Waals surface area contributed by atoms with Crippen LogP contribution in [0.4, 0.5) is 0 Å². The van der Waals surface area contributed by atoms with Crippen LogP contribution in [-0.2, 0) is 22.4 Å². The molecule has 0 spiro atoms. The van der Waals surface area contributed by atoms with Gasteiger partial charge in [0.15, 0.2) is 0 Å². The first kappa shape index (κ1) is 46.0. The van der Waals surface area contributed by atoms with Crippen molar-refractivity contribution in [1.82, 2.24) is 0 Å². The van der Waals surface area contributed by atoms with Crippen molar-refractivity contribution in [2.45, 2.75) is 0 Å². The van der Waals surface area contributed by atoms with Crippen LogP contribution in [0.3, 0.4) is 0 Å². The molecule has 0 N–H and O–H groups in total. The number of halogens is 3. The van der Waals surface area contributed by atoms with Crippen LogP contribution in [0, 0.1) is 0 Å². The van der Waals surface area contributed by atoms with E-state index in [9.17, 15) is 0 Å². The quantitative estimate of drug-likeness (QED) is 0.392. The van der Waals surface area contributed by atoms with Crippen LogP contribution >= 0.6 is 12.4 Å². The molecule has 0 bridgehead atoms. The van der Waals surface area contributed by atoms with Gasteiger partial charge >= 0.3 is 0 Å². The van der Waals surface area contributed by atoms with Crippen LogP contribution in [0.2, 0.25) is 0 Å². The SMILES string of the molecule is Cl.[Au].[Cl-].[Cl-]. The second-order valence-corrected chi connectivity index (χ2v) is 0. The van der Waals surface area contributed by atoms with Crippen LogP contribution in [0.1, 0.15) is 0 Å². The molecule has 4 heavy (non-hydrogen) atoms. The molecule has 35 valence electrons. The monoisotopic (exact) mass is 303 g/mol. The van der Waals surface area contributed by atoms with Gasteiger partial charge in [0, 0.05) is 22.4 Å². The molecule has 0 aromatic carbocycles. The predicted molar refractivity (Wildman–Crippen MR) is 7.25 cm³/mol. The van der Waals surface area contributed by atoms with E-state index in [4.69, 9.17) is 0 Å². The molecular formula is HAuCl3-2. The molecule has 0 aliphatic heterocycles. The molecule has 0 aliphatic rings. The van der Waals surface area contributed by atoms with E-state index >= 15 is 0 Å². The van der Waals surface area contributed by atoms with E-state index in [1.54, 1.807) is 0 Å². The molecule has 0 nitrogen and oxygen atoms in total. The Labute approximate surface area is 59.5 Å². The minimum absolute atomic E-state index is 0. The Balaban J connectivity index is 0. The maximum absolute atomic E-state index is 0. The minimum Gasteiger partial charge on any atom is -1.00 e. The molecule has 0 saturated carbocycles. The van der Waals surface area contributed by atoms with Gasteiger partial charge in [-0.25, -0.2) is 0 Å². The average molecular weight is 304 g/mol. The minimum atomic E-state index is 0. The summed E-state index contributed by atoms with van der Waals surface area (Å²) in [5, 5.41) is 0. The van der Waals surface area contributed by atoms with Gasteiger partial charge in [-0.3, -0.25) is 0 Å². The molecule has 0 aromatic rings. The standard InChI is InChI=1S/Au.3ClH/h;3*1H/p-2. The van der Waals surface area contributed by atoms with Crippen molar-refractivity contribution >= 4 is 12.4 Å². The fourth-order valence-corrected chi connectivity index (χ4v) is 0. The van der Waals surface area contributed by atoms with E-state index in [0.717, 1.165) is 0 Å². The van der Waals surface area contributed by atoms with Gasteiger partial charge in [0.05, 0.1) is 0 Å². The zero-order chi connectivity index (χ0) is 0. The number of rotatable bonds is 0. The molecule has 0 amide bonds. The van der Waals surface area contributed by atoms with E-state index in [1.165, 1.54) is 0 Å². The summed E-state index contributed by atoms with van der Waals surface area (Å²) in [4.78, 5) is 0. The third-order valence-corrected chi connectivity index (χ3v) is 0. The summed E-state index contributed by atoms with van der Waals surface area (Å²) >= 11 is 0. The van der Waals surface area contributed by atoms with E-state index in [1.807, 2.05) is 0 Å². The summed E-state index contributed by atoms with van der Waals surface area (Å²) in [7, 11) is 0. The van der Waals surface area contributed by atoms with Crippen molar-refractivity contribution in [3.63, 3.8) is 0 Å². The van der Waals surface area contributed by atoms with Gasteiger partial charge in [0.25, 0.3) is 0 Å². The fraction of sp³-hybridized carbons (Fsp3) is 0. The summed E-state index contributed by atoms with van der Waals surface area (Å²) < 4.78 is 0. The van der Waals surface area contributed by atoms with Crippen molar-refractivity contribution in [2.75, 3.05) is 0 Å². The van der Waals surface area contributed by atoms with Crippen LogP contribution in [0.25, 0.3) is 0 Å². The molecular weight excluding hydrogens is 303 g/mol. The van der Waals surface area contributed by atoms with Gasteiger partial charge in [0.1, 0.15) is 0 Å². The molecule has 0 aromatic heterocycles. The van der Waals surface area contributed by atoms with E-state index < -0.39 is 0 Å². The Morgan fingerprint density at radius 2 is 0.750 bits per heavy atom. The zero-order valence-electron chi connectivity index (χ0n) is 1.47. The summed E-state index contributed by atoms with van der Waals surface area (Å²) in [6.45, 7) is 0. The first-order valence-electron chi connectivity index (χ1n) is 0. The van der Waals surface area contributed by atoms with Crippen molar-refractivity contribution < 1.29 is 47.2 Å². The van der Waals surface area contributed by atoms with Crippen LogP contribution in [0.15, 0.2) is 0 Å². The Kier molecular flexibility index (Phi) is 266. The van der Waals surface area contributed by atoms with Gasteiger partial charge in [-0.1, -0.05) is 0 Å². The van der Waals surface area contributed by atoms with Gasteiger partial charge in [-0.05, 0) is 0 Å². The average Bonchev–Trinajstić information content (AvgIpc) is 0. The van der Waals surface area contributed by atoms with Crippen molar-refractivity contribution in [1.29, 1.82) is 0 Å². The normalized spacial score (nSPS) is 0. The first-order chi connectivity index (χ1) is 0. The molecule has 0 atom stereocenters. The number of hydrogen-bond donors (Lipinski definition) is 0. The molecule has 0 heterocycles. The Hall–Kier alpha value is 1.61. The van der Waals surface area contributed by atoms with Gasteiger partial charge in [-0.15, -0.1) is 12.4 Å². The Bertz CT molecular complexity index is 3.25. The third kappa shape index (κ3) is 9.49. The number of hydrogen-bond acceptors (Lipinski definition) is 0. The summed E-state index contributed by atoms with van der Waals surface area (Å²) in [5.41, 5.74) is 0. The first-order valence-corrected chi connectivity index (χ1v) is 0. The summed E-state index contributed by atoms with van der Waals surface area (Å²) in [6, 6.07) is 0. The topological polar surface area (TPSA) is 0 Å². The molecule has 0 fully saturated rings. The fourth-order valence-electron chi connectivity index (χ4n) is 0. The van der Waals surface area contributed by atoms with E-state index in [0.29, 0.717) is 0 Å². The zero-order valence-corrected chi connectivity index (χ0v) is 5.96. The Morgan fingerprint density at radius 3 is 0.750 bits per heavy atom. The molecule has 0 aliphatic carbocycles. The predicted octanol–water partition coefficient (Wildman–Crippen LogP) is -5.57. The largest absolute Gasteiger partial charge is 1.00 e. The van der Waals surface area contributed by atoms with Crippen molar-refractivity contribution in [2.24, 2.45) is 0 Å². The van der Waals surface area contributed by atoms with Crippen molar-refractivity contribution in [3.8, 4) is 0 Å². The second-order valence-electron chi connectivity index (χ2n) is 0. The third-order valence-electron chi connectivity index (χ3n) is 0. The van der Waals surface area contributed by atoms with E-state index in [-0.39, 0.29) is 59.6 Å². The molecule has 4 heteroatoms. The smallest absolute Gasteiger partial charge is 0 e. The van der Waals surface area contributed by atoms with Gasteiger partial charge in [0.2, 0.25) is 0 Å². The van der Waals surface area contributed by atoms with Gasteiger partial charge in [-0.2, -0.15) is 0 Å². The maximum atomic E-state index is 0. The Morgan fingerprint density at radius 1 is 0.750 bits per heavy atom. The van der Waals surface area contributed by atoms with E-state index in [2.05, 4.69) is 0 Å². The van der Waals surface area contributed by atoms with Gasteiger partial charge < -0.3 is 24.8 Å². The maximum Gasteiger partial charge on any atom is 0 e. The molecule has 0 rings (SSSR count). The van der Waals surface area contributed by atoms with Crippen LogP contribution in [-0.4, -0.2) is 0 Å². The van der Waals surface area contributed by atoms with Crippen LogP contribution in [0.5, 0.6) is 0 Å². The second kappa shape index (κ2) is 23.2. The summed E-state index contributed by atoms with van der Waals surface area (Å²) in [5.74, 6) is 0.